The fourth-order valence-electron chi connectivity index (χ4n) is 4.69. The molecule has 0 spiro atoms. The lowest BCUT2D eigenvalue weighted by molar-refractivity contribution is -0.130. The van der Waals surface area contributed by atoms with Gasteiger partial charge in [0, 0.05) is 38.6 Å². The van der Waals surface area contributed by atoms with Crippen LogP contribution in [-0.4, -0.2) is 75.7 Å². The zero-order valence-corrected chi connectivity index (χ0v) is 19.8. The molecule has 31 heavy (non-hydrogen) atoms. The minimum absolute atomic E-state index is 0.276. The Hall–Kier alpha value is -1.64. The van der Waals surface area contributed by atoms with E-state index in [2.05, 4.69) is 17.1 Å². The maximum Gasteiger partial charge on any atom is 0.306 e. The number of nitrogens with one attached hydrogen (secondary N) is 1. The molecule has 7 nitrogen and oxygen atoms in total. The molecule has 1 fully saturated rings. The molecule has 1 saturated heterocycles. The van der Waals surface area contributed by atoms with Gasteiger partial charge in [0.2, 0.25) is 5.91 Å². The van der Waals surface area contributed by atoms with Crippen molar-refractivity contribution in [3.63, 3.8) is 0 Å². The Labute approximate surface area is 187 Å². The smallest absolute Gasteiger partial charge is 0.306 e. The standard InChI is InChI=1S/C23H37N3O4S/c1-3-13-25(14-4-5-15-26-16-12-24-11-10-23(26)27)21-8-6-20-18-22(30-31(2,28)29)9-7-19(20)17-21/h7,9,18,21,24H,3-6,8,10-17H2,1-2H3. The van der Waals surface area contributed by atoms with Crippen molar-refractivity contribution in [2.24, 2.45) is 0 Å². The summed E-state index contributed by atoms with van der Waals surface area (Å²) < 4.78 is 27.8. The quantitative estimate of drug-likeness (QED) is 0.434. The van der Waals surface area contributed by atoms with Crippen LogP contribution < -0.4 is 9.50 Å². The lowest BCUT2D eigenvalue weighted by atomic mass is 9.87. The molecule has 3 rings (SSSR count). The third-order valence-corrected chi connectivity index (χ3v) is 6.70. The molecule has 0 bridgehead atoms. The van der Waals surface area contributed by atoms with Crippen molar-refractivity contribution in [3.05, 3.63) is 29.3 Å². The van der Waals surface area contributed by atoms with E-state index in [4.69, 9.17) is 4.18 Å². The van der Waals surface area contributed by atoms with E-state index in [1.54, 1.807) is 6.07 Å². The van der Waals surface area contributed by atoms with Crippen molar-refractivity contribution in [1.82, 2.24) is 15.1 Å². The number of hydrogen-bond donors (Lipinski definition) is 1. The summed E-state index contributed by atoms with van der Waals surface area (Å²) in [4.78, 5) is 16.8. The second-order valence-corrected chi connectivity index (χ2v) is 10.3. The molecule has 174 valence electrons. The number of unbranched alkanes of at least 4 members (excludes halogenated alkanes) is 1. The van der Waals surface area contributed by atoms with Crippen LogP contribution in [0.15, 0.2) is 18.2 Å². The maximum absolute atomic E-state index is 12.1. The molecule has 0 aromatic heterocycles. The highest BCUT2D eigenvalue weighted by Gasteiger charge is 2.24. The highest BCUT2D eigenvalue weighted by molar-refractivity contribution is 7.86. The molecular formula is C23H37N3O4S. The van der Waals surface area contributed by atoms with Crippen LogP contribution in [-0.2, 0) is 27.8 Å². The summed E-state index contributed by atoms with van der Waals surface area (Å²) in [5, 5.41) is 3.29. The minimum Gasteiger partial charge on any atom is -0.383 e. The average molecular weight is 452 g/mol. The first-order chi connectivity index (χ1) is 14.9. The number of carbonyl (C=O) groups excluding carboxylic acids is 1. The molecule has 1 unspecified atom stereocenters. The van der Waals surface area contributed by atoms with Crippen molar-refractivity contribution < 1.29 is 17.4 Å². The van der Waals surface area contributed by atoms with Gasteiger partial charge < -0.3 is 19.3 Å². The van der Waals surface area contributed by atoms with Gasteiger partial charge >= 0.3 is 10.1 Å². The number of benzene rings is 1. The number of carbonyl (C=O) groups is 1. The third kappa shape index (κ3) is 7.47. The van der Waals surface area contributed by atoms with Gasteiger partial charge in [-0.1, -0.05) is 13.0 Å². The monoisotopic (exact) mass is 451 g/mol. The van der Waals surface area contributed by atoms with E-state index in [1.165, 1.54) is 11.1 Å². The molecule has 1 heterocycles. The average Bonchev–Trinajstić information content (AvgIpc) is 2.93. The summed E-state index contributed by atoms with van der Waals surface area (Å²) in [6, 6.07) is 6.17. The molecule has 1 aromatic rings. The topological polar surface area (TPSA) is 79.0 Å². The number of amides is 1. The molecule has 0 saturated carbocycles. The first-order valence-electron chi connectivity index (χ1n) is 11.6. The van der Waals surface area contributed by atoms with Crippen LogP contribution in [0.3, 0.4) is 0 Å². The Morgan fingerprint density at radius 1 is 1.16 bits per heavy atom. The van der Waals surface area contributed by atoms with Crippen LogP contribution >= 0.6 is 0 Å². The zero-order valence-electron chi connectivity index (χ0n) is 18.9. The lowest BCUT2D eigenvalue weighted by Gasteiger charge is -2.35. The highest BCUT2D eigenvalue weighted by atomic mass is 32.2. The van der Waals surface area contributed by atoms with E-state index in [0.29, 0.717) is 18.2 Å². The molecule has 1 aromatic carbocycles. The van der Waals surface area contributed by atoms with Gasteiger partial charge in [0.1, 0.15) is 5.75 Å². The van der Waals surface area contributed by atoms with Crippen LogP contribution in [0.4, 0.5) is 0 Å². The van der Waals surface area contributed by atoms with Gasteiger partial charge in [0.15, 0.2) is 0 Å². The van der Waals surface area contributed by atoms with Crippen LogP contribution in [0.2, 0.25) is 0 Å². The summed E-state index contributed by atoms with van der Waals surface area (Å²) in [6.45, 7) is 7.74. The van der Waals surface area contributed by atoms with E-state index in [-0.39, 0.29) is 5.91 Å². The number of hydrogen-bond acceptors (Lipinski definition) is 6. The van der Waals surface area contributed by atoms with Gasteiger partial charge in [-0.2, -0.15) is 8.42 Å². The van der Waals surface area contributed by atoms with E-state index in [9.17, 15) is 13.2 Å². The maximum atomic E-state index is 12.1. The molecule has 1 amide bonds. The van der Waals surface area contributed by atoms with Crippen molar-refractivity contribution in [2.45, 2.75) is 57.9 Å². The normalized spacial score (nSPS) is 19.9. The molecule has 2 aliphatic rings. The van der Waals surface area contributed by atoms with Gasteiger partial charge in [-0.25, -0.2) is 0 Å². The van der Waals surface area contributed by atoms with Crippen molar-refractivity contribution in [3.8, 4) is 5.75 Å². The van der Waals surface area contributed by atoms with Crippen molar-refractivity contribution in [2.75, 3.05) is 45.5 Å². The Bertz CT molecular complexity index is 843. The predicted octanol–water partition coefficient (Wildman–Crippen LogP) is 2.20. The van der Waals surface area contributed by atoms with Gasteiger partial charge in [-0.05, 0) is 74.9 Å². The Balaban J connectivity index is 1.51. The van der Waals surface area contributed by atoms with Crippen molar-refractivity contribution in [1.29, 1.82) is 0 Å². The largest absolute Gasteiger partial charge is 0.383 e. The first kappa shape index (κ1) is 24.0. The predicted molar refractivity (Wildman–Crippen MR) is 123 cm³/mol. The first-order valence-corrected chi connectivity index (χ1v) is 13.4. The summed E-state index contributed by atoms with van der Waals surface area (Å²) in [7, 11) is -3.50. The van der Waals surface area contributed by atoms with E-state index in [0.717, 1.165) is 84.0 Å². The summed E-state index contributed by atoms with van der Waals surface area (Å²) >= 11 is 0. The number of aryl methyl sites for hydroxylation is 1. The van der Waals surface area contributed by atoms with E-state index in [1.807, 2.05) is 17.0 Å². The van der Waals surface area contributed by atoms with Gasteiger partial charge in [-0.3, -0.25) is 4.79 Å². The summed E-state index contributed by atoms with van der Waals surface area (Å²) in [5.74, 6) is 0.682. The highest BCUT2D eigenvalue weighted by Crippen LogP contribution is 2.28. The summed E-state index contributed by atoms with van der Waals surface area (Å²) in [5.41, 5.74) is 2.49. The van der Waals surface area contributed by atoms with Crippen molar-refractivity contribution >= 4 is 16.0 Å². The molecular weight excluding hydrogens is 414 g/mol. The Morgan fingerprint density at radius 3 is 2.77 bits per heavy atom. The Morgan fingerprint density at radius 2 is 2.00 bits per heavy atom. The van der Waals surface area contributed by atoms with Crippen LogP contribution in [0.25, 0.3) is 0 Å². The van der Waals surface area contributed by atoms with Crippen LogP contribution in [0.5, 0.6) is 5.75 Å². The molecule has 1 atom stereocenters. The van der Waals surface area contributed by atoms with Gasteiger partial charge in [0.25, 0.3) is 0 Å². The van der Waals surface area contributed by atoms with Gasteiger partial charge in [-0.15, -0.1) is 0 Å². The van der Waals surface area contributed by atoms with Gasteiger partial charge in [0.05, 0.1) is 6.26 Å². The lowest BCUT2D eigenvalue weighted by Crippen LogP contribution is -2.41. The SMILES string of the molecule is CCCN(CCCCN1CCNCCC1=O)C1CCc2cc(OS(C)(=O)=O)ccc2C1. The summed E-state index contributed by atoms with van der Waals surface area (Å²) in [6.07, 6.45) is 7.96. The number of nitrogens with zero attached hydrogens (tertiary/aromatic N) is 2. The molecule has 1 aliphatic carbocycles. The second kappa shape index (κ2) is 11.3. The number of rotatable bonds is 10. The third-order valence-electron chi connectivity index (χ3n) is 6.21. The molecule has 1 aliphatic heterocycles. The fourth-order valence-corrected chi connectivity index (χ4v) is 5.14. The molecule has 0 radical (unpaired) electrons. The van der Waals surface area contributed by atoms with Crippen LogP contribution in [0, 0.1) is 0 Å². The van der Waals surface area contributed by atoms with E-state index < -0.39 is 10.1 Å². The van der Waals surface area contributed by atoms with Crippen LogP contribution in [0.1, 0.15) is 50.2 Å². The molecule has 8 heteroatoms. The zero-order chi connectivity index (χ0) is 22.3. The fraction of sp³-hybridized carbons (Fsp3) is 0.696. The molecule has 1 N–H and O–H groups in total. The van der Waals surface area contributed by atoms with E-state index >= 15 is 0 Å². The Kier molecular flexibility index (Phi) is 8.75. The second-order valence-electron chi connectivity index (χ2n) is 8.74. The number of fused-ring (bicyclic) bond motifs is 1. The minimum atomic E-state index is -3.50.